The van der Waals surface area contributed by atoms with Gasteiger partial charge in [0.25, 0.3) is 6.02 Å². The second-order valence-electron chi connectivity index (χ2n) is 7.90. The summed E-state index contributed by atoms with van der Waals surface area (Å²) in [6.07, 6.45) is 3.40. The summed E-state index contributed by atoms with van der Waals surface area (Å²) in [7, 11) is 0. The van der Waals surface area contributed by atoms with Crippen LogP contribution in [0, 0.1) is 6.92 Å². The summed E-state index contributed by atoms with van der Waals surface area (Å²) in [5.74, 6) is 1.55. The fraction of sp³-hybridized carbons (Fsp3) is 0.250. The molecule has 1 aliphatic rings. The van der Waals surface area contributed by atoms with Crippen LogP contribution < -0.4 is 15.4 Å². The molecule has 2 N–H and O–H groups in total. The largest absolute Gasteiger partial charge is 0.486 e. The number of ether oxygens (including phenoxy) is 2. The van der Waals surface area contributed by atoms with Crippen molar-refractivity contribution in [2.75, 3.05) is 10.6 Å². The van der Waals surface area contributed by atoms with Gasteiger partial charge in [-0.3, -0.25) is 0 Å². The quantitative estimate of drug-likeness (QED) is 0.404. The zero-order valence-electron chi connectivity index (χ0n) is 18.6. The van der Waals surface area contributed by atoms with Gasteiger partial charge in [0, 0.05) is 28.3 Å². The number of hydrogen-bond acceptors (Lipinski definition) is 9. The van der Waals surface area contributed by atoms with Gasteiger partial charge in [-0.25, -0.2) is 19.9 Å². The van der Waals surface area contributed by atoms with Crippen LogP contribution in [-0.4, -0.2) is 33.1 Å². The van der Waals surface area contributed by atoms with Crippen LogP contribution in [0.2, 0.25) is 0 Å². The second kappa shape index (κ2) is 9.03. The van der Waals surface area contributed by atoms with Crippen LogP contribution in [-0.2, 0) is 11.3 Å². The summed E-state index contributed by atoms with van der Waals surface area (Å²) < 4.78 is 11.7. The first-order valence-corrected chi connectivity index (χ1v) is 11.6. The summed E-state index contributed by atoms with van der Waals surface area (Å²) in [4.78, 5) is 17.6. The number of thiazole rings is 1. The molecule has 33 heavy (non-hydrogen) atoms. The van der Waals surface area contributed by atoms with E-state index in [4.69, 9.17) is 9.47 Å². The molecule has 4 aromatic rings. The highest BCUT2D eigenvalue weighted by atomic mass is 32.1. The normalized spacial score (nSPS) is 17.5. The minimum Gasteiger partial charge on any atom is -0.486 e. The van der Waals surface area contributed by atoms with Crippen molar-refractivity contribution in [3.63, 3.8) is 0 Å². The van der Waals surface area contributed by atoms with Gasteiger partial charge in [0.2, 0.25) is 0 Å². The fourth-order valence-electron chi connectivity index (χ4n) is 3.50. The maximum atomic E-state index is 5.91. The minimum absolute atomic E-state index is 0.0604. The average Bonchev–Trinajstić information content (AvgIpc) is 3.43. The summed E-state index contributed by atoms with van der Waals surface area (Å²) in [5, 5.41) is 10.5. The molecule has 0 unspecified atom stereocenters. The Hall–Kier alpha value is -3.72. The third-order valence-electron chi connectivity index (χ3n) is 5.46. The lowest BCUT2D eigenvalue weighted by atomic mass is 10.1. The highest BCUT2D eigenvalue weighted by Crippen LogP contribution is 2.29. The van der Waals surface area contributed by atoms with Crippen LogP contribution >= 0.6 is 11.3 Å². The Bertz CT molecular complexity index is 1310. The maximum Gasteiger partial charge on any atom is 0.289 e. The van der Waals surface area contributed by atoms with Crippen molar-refractivity contribution in [2.24, 2.45) is 4.99 Å². The van der Waals surface area contributed by atoms with Crippen LogP contribution in [0.15, 0.2) is 59.3 Å². The number of anilines is 3. The van der Waals surface area contributed by atoms with E-state index < -0.39 is 0 Å². The number of rotatable bonds is 6. The number of aromatic nitrogens is 3. The maximum absolute atomic E-state index is 5.91. The number of aliphatic imine (C=N–C) groups is 1. The molecule has 0 bridgehead atoms. The molecule has 0 aliphatic carbocycles. The van der Waals surface area contributed by atoms with Gasteiger partial charge in [-0.1, -0.05) is 0 Å². The Balaban J connectivity index is 1.35. The number of fused-ring (bicyclic) bond motifs is 1. The summed E-state index contributed by atoms with van der Waals surface area (Å²) >= 11 is 1.58. The standard InChI is InChI=1S/C24H24N6O2S/c1-14-10-17(5-7-21(14)31-12-22-25-8-9-33-22)29-23-19-11-18(4-6-20(19)26-13-27-23)30-24-28-15(2)16(3)32-24/h4-11,13,15-16H,12H2,1-3H3,(H,28,30)(H,26,27,29)/t15-,16-/m0/s1. The molecular formula is C24H24N6O2S. The van der Waals surface area contributed by atoms with Gasteiger partial charge in [0.15, 0.2) is 0 Å². The lowest BCUT2D eigenvalue weighted by Crippen LogP contribution is -2.17. The van der Waals surface area contributed by atoms with Crippen LogP contribution in [0.1, 0.15) is 24.4 Å². The zero-order valence-corrected chi connectivity index (χ0v) is 19.4. The van der Waals surface area contributed by atoms with E-state index in [0.29, 0.717) is 12.6 Å². The number of nitrogens with zero attached hydrogens (tertiary/aromatic N) is 4. The van der Waals surface area contributed by atoms with E-state index in [0.717, 1.165) is 44.4 Å². The van der Waals surface area contributed by atoms with Gasteiger partial charge in [-0.2, -0.15) is 0 Å². The number of aryl methyl sites for hydroxylation is 1. The number of amidine groups is 1. The Morgan fingerprint density at radius 3 is 2.64 bits per heavy atom. The molecule has 9 heteroatoms. The highest BCUT2D eigenvalue weighted by molar-refractivity contribution is 7.09. The Morgan fingerprint density at radius 2 is 1.88 bits per heavy atom. The fourth-order valence-corrected chi connectivity index (χ4v) is 4.03. The molecule has 0 saturated heterocycles. The van der Waals surface area contributed by atoms with Crippen molar-refractivity contribution in [3.8, 4) is 5.75 Å². The molecule has 0 spiro atoms. The molecule has 8 nitrogen and oxygen atoms in total. The van der Waals surface area contributed by atoms with Crippen molar-refractivity contribution in [1.82, 2.24) is 15.0 Å². The third-order valence-corrected chi connectivity index (χ3v) is 6.21. The lowest BCUT2D eigenvalue weighted by molar-refractivity contribution is 0.218. The molecule has 168 valence electrons. The predicted molar refractivity (Wildman–Crippen MR) is 132 cm³/mol. The van der Waals surface area contributed by atoms with Crippen molar-refractivity contribution < 1.29 is 9.47 Å². The number of nitrogens with one attached hydrogen (secondary N) is 2. The van der Waals surface area contributed by atoms with Crippen LogP contribution in [0.25, 0.3) is 10.9 Å². The SMILES string of the molecule is Cc1cc(Nc2ncnc3ccc(NC4=N[C@@H](C)[C@H](C)O4)cc23)ccc1OCc1nccs1. The molecule has 2 atom stereocenters. The van der Waals surface area contributed by atoms with Crippen molar-refractivity contribution in [2.45, 2.75) is 39.5 Å². The number of benzene rings is 2. The van der Waals surface area contributed by atoms with Gasteiger partial charge in [-0.15, -0.1) is 11.3 Å². The van der Waals surface area contributed by atoms with Crippen LogP contribution in [0.4, 0.5) is 17.2 Å². The monoisotopic (exact) mass is 460 g/mol. The van der Waals surface area contributed by atoms with Gasteiger partial charge < -0.3 is 20.1 Å². The predicted octanol–water partition coefficient (Wildman–Crippen LogP) is 5.29. The summed E-state index contributed by atoms with van der Waals surface area (Å²) in [6.45, 7) is 6.53. The first kappa shape index (κ1) is 21.1. The van der Waals surface area contributed by atoms with E-state index in [2.05, 4.69) is 30.6 Å². The molecule has 5 rings (SSSR count). The van der Waals surface area contributed by atoms with Gasteiger partial charge >= 0.3 is 0 Å². The Labute approximate surface area is 195 Å². The lowest BCUT2D eigenvalue weighted by Gasteiger charge is -2.13. The average molecular weight is 461 g/mol. The zero-order chi connectivity index (χ0) is 22.8. The van der Waals surface area contributed by atoms with E-state index >= 15 is 0 Å². The molecule has 1 aliphatic heterocycles. The van der Waals surface area contributed by atoms with E-state index in [9.17, 15) is 0 Å². The van der Waals surface area contributed by atoms with E-state index in [1.807, 2.05) is 62.5 Å². The van der Waals surface area contributed by atoms with Gasteiger partial charge in [-0.05, 0) is 62.7 Å². The Kier molecular flexibility index (Phi) is 5.78. The molecular weight excluding hydrogens is 436 g/mol. The molecule has 0 amide bonds. The van der Waals surface area contributed by atoms with E-state index in [1.54, 1.807) is 23.9 Å². The first-order chi connectivity index (χ1) is 16.0. The molecule has 2 aromatic heterocycles. The molecule has 2 aromatic carbocycles. The van der Waals surface area contributed by atoms with Crippen molar-refractivity contribution in [1.29, 1.82) is 0 Å². The van der Waals surface area contributed by atoms with Crippen molar-refractivity contribution >= 4 is 45.5 Å². The number of hydrogen-bond donors (Lipinski definition) is 2. The minimum atomic E-state index is 0.0604. The Morgan fingerprint density at radius 1 is 1.03 bits per heavy atom. The molecule has 0 fully saturated rings. The molecule has 0 radical (unpaired) electrons. The topological polar surface area (TPSA) is 93.6 Å². The third kappa shape index (κ3) is 4.73. The summed E-state index contributed by atoms with van der Waals surface area (Å²) in [6, 6.07) is 12.5. The van der Waals surface area contributed by atoms with Crippen LogP contribution in [0.5, 0.6) is 5.75 Å². The van der Waals surface area contributed by atoms with E-state index in [1.165, 1.54) is 0 Å². The first-order valence-electron chi connectivity index (χ1n) is 10.7. The van der Waals surface area contributed by atoms with E-state index in [-0.39, 0.29) is 12.1 Å². The van der Waals surface area contributed by atoms with Crippen molar-refractivity contribution in [3.05, 3.63) is 64.9 Å². The second-order valence-corrected chi connectivity index (χ2v) is 8.88. The van der Waals surface area contributed by atoms with Gasteiger partial charge in [0.1, 0.15) is 35.6 Å². The smallest absolute Gasteiger partial charge is 0.289 e. The van der Waals surface area contributed by atoms with Gasteiger partial charge in [0.05, 0.1) is 11.6 Å². The highest BCUT2D eigenvalue weighted by Gasteiger charge is 2.23. The van der Waals surface area contributed by atoms with Crippen LogP contribution in [0.3, 0.4) is 0 Å². The molecule has 0 saturated carbocycles. The molecule has 3 heterocycles. The summed E-state index contributed by atoms with van der Waals surface area (Å²) in [5.41, 5.74) is 3.65.